The van der Waals surface area contributed by atoms with E-state index < -0.39 is 24.0 Å². The summed E-state index contributed by atoms with van der Waals surface area (Å²) in [4.78, 5) is 22.0. The fraction of sp³-hybridized carbons (Fsp3) is 0.818. The highest BCUT2D eigenvalue weighted by atomic mass is 16.4. The zero-order chi connectivity index (χ0) is 12.3. The van der Waals surface area contributed by atoms with Crippen molar-refractivity contribution in [2.75, 3.05) is 0 Å². The third kappa shape index (κ3) is 2.52. The van der Waals surface area contributed by atoms with E-state index in [1.165, 1.54) is 0 Å². The van der Waals surface area contributed by atoms with E-state index in [-0.39, 0.29) is 5.41 Å². The number of carboxylic acid groups (broad SMARTS) is 2. The lowest BCUT2D eigenvalue weighted by Crippen LogP contribution is -2.56. The van der Waals surface area contributed by atoms with Gasteiger partial charge in [0.05, 0.1) is 0 Å². The third-order valence-corrected chi connectivity index (χ3v) is 3.77. The van der Waals surface area contributed by atoms with Crippen molar-refractivity contribution < 1.29 is 19.8 Å². The van der Waals surface area contributed by atoms with Crippen LogP contribution in [0.3, 0.4) is 0 Å². The fourth-order valence-electron chi connectivity index (χ4n) is 2.45. The Morgan fingerprint density at radius 2 is 1.50 bits per heavy atom. The molecule has 1 aliphatic heterocycles. The van der Waals surface area contributed by atoms with E-state index in [4.69, 9.17) is 10.2 Å². The quantitative estimate of drug-likeness (QED) is 0.671. The van der Waals surface area contributed by atoms with E-state index in [0.29, 0.717) is 12.8 Å². The molecule has 2 atom stereocenters. The van der Waals surface area contributed by atoms with Crippen LogP contribution in [0.1, 0.15) is 39.5 Å². The molecule has 0 bridgehead atoms. The number of hydrogen-bond donors (Lipinski definition) is 3. The van der Waals surface area contributed by atoms with Crippen LogP contribution in [-0.4, -0.2) is 34.2 Å². The molecule has 5 heteroatoms. The molecule has 0 aromatic heterocycles. The molecule has 5 nitrogen and oxygen atoms in total. The zero-order valence-corrected chi connectivity index (χ0v) is 9.69. The second kappa shape index (κ2) is 4.82. The maximum absolute atomic E-state index is 11.0. The van der Waals surface area contributed by atoms with Crippen molar-refractivity contribution >= 4 is 11.9 Å². The van der Waals surface area contributed by atoms with Crippen LogP contribution in [0, 0.1) is 5.41 Å². The lowest BCUT2D eigenvalue weighted by atomic mass is 9.69. The molecule has 1 saturated heterocycles. The topological polar surface area (TPSA) is 86.6 Å². The minimum absolute atomic E-state index is 0.155. The van der Waals surface area contributed by atoms with Gasteiger partial charge in [0.2, 0.25) is 0 Å². The Bertz CT molecular complexity index is 262. The van der Waals surface area contributed by atoms with Gasteiger partial charge in [0.1, 0.15) is 12.1 Å². The van der Waals surface area contributed by atoms with Crippen molar-refractivity contribution in [1.29, 1.82) is 0 Å². The van der Waals surface area contributed by atoms with Crippen LogP contribution in [0.5, 0.6) is 0 Å². The predicted octanol–water partition coefficient (Wildman–Crippen LogP) is 1.08. The Hall–Kier alpha value is -1.10. The Balaban J connectivity index is 2.89. The van der Waals surface area contributed by atoms with Crippen molar-refractivity contribution in [2.24, 2.45) is 5.41 Å². The molecule has 1 rings (SSSR count). The summed E-state index contributed by atoms with van der Waals surface area (Å²) >= 11 is 0. The monoisotopic (exact) mass is 229 g/mol. The highest BCUT2D eigenvalue weighted by Crippen LogP contribution is 2.40. The van der Waals surface area contributed by atoms with Gasteiger partial charge in [-0.3, -0.25) is 14.9 Å². The van der Waals surface area contributed by atoms with E-state index in [0.717, 1.165) is 12.8 Å². The van der Waals surface area contributed by atoms with Gasteiger partial charge < -0.3 is 10.2 Å². The highest BCUT2D eigenvalue weighted by Gasteiger charge is 2.42. The first-order valence-electron chi connectivity index (χ1n) is 5.66. The van der Waals surface area contributed by atoms with Crippen LogP contribution < -0.4 is 5.32 Å². The van der Waals surface area contributed by atoms with Crippen molar-refractivity contribution in [3.63, 3.8) is 0 Å². The van der Waals surface area contributed by atoms with Crippen LogP contribution in [0.4, 0.5) is 0 Å². The largest absolute Gasteiger partial charge is 0.480 e. The average Bonchev–Trinajstić information content (AvgIpc) is 2.28. The second-order valence-electron chi connectivity index (χ2n) is 4.56. The lowest BCUT2D eigenvalue weighted by molar-refractivity contribution is -0.147. The lowest BCUT2D eigenvalue weighted by Gasteiger charge is -2.42. The molecule has 16 heavy (non-hydrogen) atoms. The number of piperidine rings is 1. The Kier molecular flexibility index (Phi) is 3.91. The van der Waals surface area contributed by atoms with Gasteiger partial charge in [-0.1, -0.05) is 26.7 Å². The summed E-state index contributed by atoms with van der Waals surface area (Å²) in [6.07, 6.45) is 2.66. The van der Waals surface area contributed by atoms with Crippen LogP contribution in [0.15, 0.2) is 0 Å². The highest BCUT2D eigenvalue weighted by molar-refractivity contribution is 5.78. The molecule has 0 aromatic rings. The molecular formula is C11H19NO4. The normalized spacial score (nSPS) is 28.6. The van der Waals surface area contributed by atoms with Crippen LogP contribution in [-0.2, 0) is 9.59 Å². The predicted molar refractivity (Wildman–Crippen MR) is 58.2 cm³/mol. The first kappa shape index (κ1) is 13.0. The van der Waals surface area contributed by atoms with Crippen molar-refractivity contribution in [3.05, 3.63) is 0 Å². The van der Waals surface area contributed by atoms with E-state index in [2.05, 4.69) is 5.32 Å². The van der Waals surface area contributed by atoms with E-state index in [1.54, 1.807) is 0 Å². The molecule has 92 valence electrons. The van der Waals surface area contributed by atoms with Gasteiger partial charge in [-0.05, 0) is 18.3 Å². The summed E-state index contributed by atoms with van der Waals surface area (Å²) < 4.78 is 0. The number of carbonyl (C=O) groups is 2. The number of hydrogen-bond acceptors (Lipinski definition) is 3. The van der Waals surface area contributed by atoms with E-state index in [1.807, 2.05) is 13.8 Å². The standard InChI is InChI=1S/C11H19NO4/c1-3-11(4-2)5-7(9(13)14)12-8(6-11)10(15)16/h7-8,12H,3-6H2,1-2H3,(H,13,14)(H,15,16)/t7-,8-/m1/s1. The molecule has 1 aliphatic rings. The maximum Gasteiger partial charge on any atom is 0.320 e. The number of nitrogens with one attached hydrogen (secondary N) is 1. The fourth-order valence-corrected chi connectivity index (χ4v) is 2.45. The second-order valence-corrected chi connectivity index (χ2v) is 4.56. The molecule has 0 aliphatic carbocycles. The first-order chi connectivity index (χ1) is 7.44. The molecule has 0 aromatic carbocycles. The van der Waals surface area contributed by atoms with Crippen LogP contribution >= 0.6 is 0 Å². The minimum atomic E-state index is -0.961. The Morgan fingerprint density at radius 3 is 1.75 bits per heavy atom. The molecule has 1 fully saturated rings. The van der Waals surface area contributed by atoms with Gasteiger partial charge in [0, 0.05) is 0 Å². The average molecular weight is 229 g/mol. The molecule has 0 spiro atoms. The van der Waals surface area contributed by atoms with Gasteiger partial charge in [0.25, 0.3) is 0 Å². The summed E-state index contributed by atoms with van der Waals surface area (Å²) in [5, 5.41) is 20.7. The van der Waals surface area contributed by atoms with Crippen molar-refractivity contribution in [3.8, 4) is 0 Å². The zero-order valence-electron chi connectivity index (χ0n) is 9.69. The number of carboxylic acids is 2. The molecule has 0 radical (unpaired) electrons. The van der Waals surface area contributed by atoms with Gasteiger partial charge >= 0.3 is 11.9 Å². The number of rotatable bonds is 4. The van der Waals surface area contributed by atoms with Gasteiger partial charge in [-0.2, -0.15) is 0 Å². The molecule has 0 saturated carbocycles. The molecule has 1 heterocycles. The summed E-state index contributed by atoms with van der Waals surface area (Å²) in [5.74, 6) is -1.92. The summed E-state index contributed by atoms with van der Waals surface area (Å²) in [5.41, 5.74) is -0.155. The molecular weight excluding hydrogens is 210 g/mol. The molecule has 0 amide bonds. The van der Waals surface area contributed by atoms with Gasteiger partial charge in [-0.15, -0.1) is 0 Å². The summed E-state index contributed by atoms with van der Waals surface area (Å²) in [7, 11) is 0. The SMILES string of the molecule is CCC1(CC)C[C@H](C(=O)O)N[C@@H](C(=O)O)C1. The Morgan fingerprint density at radius 1 is 1.12 bits per heavy atom. The minimum Gasteiger partial charge on any atom is -0.480 e. The summed E-state index contributed by atoms with van der Waals surface area (Å²) in [6.45, 7) is 3.99. The van der Waals surface area contributed by atoms with Gasteiger partial charge in [0.15, 0.2) is 0 Å². The van der Waals surface area contributed by atoms with E-state index >= 15 is 0 Å². The van der Waals surface area contributed by atoms with E-state index in [9.17, 15) is 9.59 Å². The molecule has 0 unspecified atom stereocenters. The van der Waals surface area contributed by atoms with Crippen molar-refractivity contribution in [2.45, 2.75) is 51.6 Å². The molecule has 3 N–H and O–H groups in total. The first-order valence-corrected chi connectivity index (χ1v) is 5.66. The van der Waals surface area contributed by atoms with Crippen LogP contribution in [0.2, 0.25) is 0 Å². The smallest absolute Gasteiger partial charge is 0.320 e. The third-order valence-electron chi connectivity index (χ3n) is 3.77. The number of aliphatic carboxylic acids is 2. The Labute approximate surface area is 94.8 Å². The maximum atomic E-state index is 11.0. The van der Waals surface area contributed by atoms with Crippen molar-refractivity contribution in [1.82, 2.24) is 5.32 Å². The summed E-state index contributed by atoms with van der Waals surface area (Å²) in [6, 6.07) is -1.48. The van der Waals surface area contributed by atoms with Gasteiger partial charge in [-0.25, -0.2) is 0 Å². The van der Waals surface area contributed by atoms with Crippen LogP contribution in [0.25, 0.3) is 0 Å².